The van der Waals surface area contributed by atoms with Crippen LogP contribution in [-0.2, 0) is 11.4 Å². The molecular weight excluding hydrogens is 316 g/mol. The van der Waals surface area contributed by atoms with Gasteiger partial charge in [-0.1, -0.05) is 17.3 Å². The number of aromatic nitrogens is 2. The number of aliphatic carboxylic acids is 1. The van der Waals surface area contributed by atoms with Crippen molar-refractivity contribution < 1.29 is 19.2 Å². The molecule has 0 aliphatic rings. The molecule has 98 valence electrons. The predicted octanol–water partition coefficient (Wildman–Crippen LogP) is 2.51. The number of benzene rings is 1. The van der Waals surface area contributed by atoms with E-state index in [1.807, 2.05) is 0 Å². The number of halogens is 1. The molecule has 0 saturated heterocycles. The van der Waals surface area contributed by atoms with Gasteiger partial charge in [0, 0.05) is 11.6 Å². The van der Waals surface area contributed by atoms with Gasteiger partial charge < -0.3 is 14.4 Å². The Hall–Kier alpha value is -2.15. The third-order valence-electron chi connectivity index (χ3n) is 2.16. The first kappa shape index (κ1) is 13.3. The number of hydrogen-bond acceptors (Lipinski definition) is 5. The van der Waals surface area contributed by atoms with Gasteiger partial charge in [0.25, 0.3) is 0 Å². The van der Waals surface area contributed by atoms with E-state index in [2.05, 4.69) is 30.6 Å². The van der Waals surface area contributed by atoms with Gasteiger partial charge in [0.05, 0.1) is 4.47 Å². The summed E-state index contributed by atoms with van der Waals surface area (Å²) in [4.78, 5) is 14.4. The molecular formula is C12H9BrN2O4. The summed E-state index contributed by atoms with van der Waals surface area (Å²) in [5.74, 6) is -0.0992. The second-order valence-corrected chi connectivity index (χ2v) is 4.32. The van der Waals surface area contributed by atoms with Crippen molar-refractivity contribution >= 4 is 28.0 Å². The first-order chi connectivity index (χ1) is 9.16. The van der Waals surface area contributed by atoms with Crippen molar-refractivity contribution in [1.82, 2.24) is 10.1 Å². The van der Waals surface area contributed by atoms with Crippen molar-refractivity contribution in [3.8, 4) is 5.75 Å². The Morgan fingerprint density at radius 3 is 3.05 bits per heavy atom. The minimum Gasteiger partial charge on any atom is -0.484 e. The maximum absolute atomic E-state index is 10.5. The molecule has 0 aliphatic carbocycles. The fourth-order valence-electron chi connectivity index (χ4n) is 1.36. The zero-order chi connectivity index (χ0) is 13.7. The van der Waals surface area contributed by atoms with Crippen LogP contribution in [0.4, 0.5) is 0 Å². The van der Waals surface area contributed by atoms with Crippen molar-refractivity contribution in [3.05, 3.63) is 46.5 Å². The number of rotatable bonds is 5. The van der Waals surface area contributed by atoms with Gasteiger partial charge in [-0.25, -0.2) is 4.79 Å². The van der Waals surface area contributed by atoms with E-state index in [-0.39, 0.29) is 6.61 Å². The van der Waals surface area contributed by atoms with Crippen molar-refractivity contribution in [3.63, 3.8) is 0 Å². The largest absolute Gasteiger partial charge is 0.484 e. The number of carbonyl (C=O) groups is 1. The highest BCUT2D eigenvalue weighted by Gasteiger charge is 2.08. The van der Waals surface area contributed by atoms with Crippen LogP contribution in [-0.4, -0.2) is 21.2 Å². The molecule has 0 atom stereocenters. The van der Waals surface area contributed by atoms with Crippen LogP contribution in [0.15, 0.2) is 39.7 Å². The lowest BCUT2D eigenvalue weighted by Crippen LogP contribution is -1.99. The molecule has 1 N–H and O–H groups in total. The van der Waals surface area contributed by atoms with E-state index in [0.29, 0.717) is 21.6 Å². The maximum atomic E-state index is 10.5. The summed E-state index contributed by atoms with van der Waals surface area (Å²) in [6, 6.07) is 5.33. The van der Waals surface area contributed by atoms with E-state index in [9.17, 15) is 4.79 Å². The third kappa shape index (κ3) is 3.65. The summed E-state index contributed by atoms with van der Waals surface area (Å²) in [7, 11) is 0. The molecule has 0 fully saturated rings. The van der Waals surface area contributed by atoms with Crippen LogP contribution in [0.2, 0.25) is 0 Å². The lowest BCUT2D eigenvalue weighted by molar-refractivity contribution is -0.131. The summed E-state index contributed by atoms with van der Waals surface area (Å²) in [5, 5.41) is 12.3. The van der Waals surface area contributed by atoms with Gasteiger partial charge in [0.1, 0.15) is 5.75 Å². The van der Waals surface area contributed by atoms with Gasteiger partial charge in [-0.05, 0) is 28.1 Å². The van der Waals surface area contributed by atoms with Gasteiger partial charge >= 0.3 is 5.97 Å². The van der Waals surface area contributed by atoms with Crippen LogP contribution in [0.1, 0.15) is 11.4 Å². The molecule has 0 spiro atoms. The van der Waals surface area contributed by atoms with Gasteiger partial charge in [-0.3, -0.25) is 0 Å². The highest BCUT2D eigenvalue weighted by molar-refractivity contribution is 9.10. The van der Waals surface area contributed by atoms with E-state index in [4.69, 9.17) is 9.84 Å². The molecule has 2 rings (SSSR count). The van der Waals surface area contributed by atoms with E-state index in [1.165, 1.54) is 12.5 Å². The molecule has 6 nitrogen and oxygen atoms in total. The fourth-order valence-corrected chi connectivity index (χ4v) is 1.86. The van der Waals surface area contributed by atoms with Gasteiger partial charge in [-0.15, -0.1) is 0 Å². The van der Waals surface area contributed by atoms with Gasteiger partial charge in [-0.2, -0.15) is 4.98 Å². The summed E-state index contributed by atoms with van der Waals surface area (Å²) in [5.41, 5.74) is 0.639. The number of carboxylic acid groups (broad SMARTS) is 1. The molecule has 2 aromatic rings. The average Bonchev–Trinajstić information content (AvgIpc) is 2.88. The van der Waals surface area contributed by atoms with Crippen LogP contribution in [0.5, 0.6) is 5.75 Å². The monoisotopic (exact) mass is 324 g/mol. The molecule has 7 heteroatoms. The Balaban J connectivity index is 2.20. The van der Waals surface area contributed by atoms with Crippen LogP contribution < -0.4 is 4.74 Å². The molecule has 0 bridgehead atoms. The van der Waals surface area contributed by atoms with E-state index < -0.39 is 5.97 Å². The molecule has 0 aliphatic heterocycles. The first-order valence-electron chi connectivity index (χ1n) is 5.24. The van der Waals surface area contributed by atoms with Crippen LogP contribution in [0, 0.1) is 0 Å². The lowest BCUT2D eigenvalue weighted by Gasteiger charge is -2.09. The van der Waals surface area contributed by atoms with Crippen molar-refractivity contribution in [2.75, 3.05) is 0 Å². The predicted molar refractivity (Wildman–Crippen MR) is 69.4 cm³/mol. The standard InChI is InChI=1S/C12H9BrN2O4/c13-9-3-1-2-8(4-5-11(16)17)12(9)18-6-10-14-7-19-15-10/h1-5,7H,6H2,(H,16,17). The summed E-state index contributed by atoms with van der Waals surface area (Å²) in [6.07, 6.45) is 3.71. The quantitative estimate of drug-likeness (QED) is 0.850. The van der Waals surface area contributed by atoms with Crippen molar-refractivity contribution in [1.29, 1.82) is 0 Å². The Morgan fingerprint density at radius 1 is 1.53 bits per heavy atom. The van der Waals surface area contributed by atoms with Crippen molar-refractivity contribution in [2.24, 2.45) is 0 Å². The Bertz CT molecular complexity index is 596. The molecule has 0 radical (unpaired) electrons. The van der Waals surface area contributed by atoms with Gasteiger partial charge in [0.2, 0.25) is 12.2 Å². The minimum atomic E-state index is -1.02. The summed E-state index contributed by atoms with van der Waals surface area (Å²) < 4.78 is 10.9. The number of carboxylic acids is 1. The normalized spacial score (nSPS) is 10.8. The summed E-state index contributed by atoms with van der Waals surface area (Å²) >= 11 is 3.35. The minimum absolute atomic E-state index is 0.132. The highest BCUT2D eigenvalue weighted by atomic mass is 79.9. The second-order valence-electron chi connectivity index (χ2n) is 3.47. The molecule has 0 unspecified atom stereocenters. The average molecular weight is 325 g/mol. The smallest absolute Gasteiger partial charge is 0.328 e. The van der Waals surface area contributed by atoms with Crippen molar-refractivity contribution in [2.45, 2.75) is 6.61 Å². The Morgan fingerprint density at radius 2 is 2.37 bits per heavy atom. The Kier molecular flexibility index (Phi) is 4.30. The number of ether oxygens (including phenoxy) is 1. The highest BCUT2D eigenvalue weighted by Crippen LogP contribution is 2.30. The third-order valence-corrected chi connectivity index (χ3v) is 2.78. The van der Waals surface area contributed by atoms with E-state index in [0.717, 1.165) is 6.08 Å². The fraction of sp³-hybridized carbons (Fsp3) is 0.0833. The molecule has 19 heavy (non-hydrogen) atoms. The zero-order valence-electron chi connectivity index (χ0n) is 9.62. The molecule has 1 aromatic carbocycles. The summed E-state index contributed by atoms with van der Waals surface area (Å²) in [6.45, 7) is 0.132. The molecule has 1 heterocycles. The number of nitrogens with zero attached hydrogens (tertiary/aromatic N) is 2. The van der Waals surface area contributed by atoms with Crippen LogP contribution >= 0.6 is 15.9 Å². The van der Waals surface area contributed by atoms with E-state index >= 15 is 0 Å². The van der Waals surface area contributed by atoms with Crippen LogP contribution in [0.25, 0.3) is 6.08 Å². The second kappa shape index (κ2) is 6.14. The molecule has 1 aromatic heterocycles. The lowest BCUT2D eigenvalue weighted by atomic mass is 10.2. The molecule has 0 saturated carbocycles. The SMILES string of the molecule is O=C(O)C=Cc1cccc(Br)c1OCc1ncon1. The first-order valence-corrected chi connectivity index (χ1v) is 6.03. The topological polar surface area (TPSA) is 85.5 Å². The maximum Gasteiger partial charge on any atom is 0.328 e. The molecule has 0 amide bonds. The van der Waals surface area contributed by atoms with Crippen LogP contribution in [0.3, 0.4) is 0 Å². The Labute approximate surface area is 116 Å². The zero-order valence-corrected chi connectivity index (χ0v) is 11.2. The van der Waals surface area contributed by atoms with Gasteiger partial charge in [0.15, 0.2) is 6.61 Å². The van der Waals surface area contributed by atoms with E-state index in [1.54, 1.807) is 18.2 Å². The number of hydrogen-bond donors (Lipinski definition) is 1. The number of para-hydroxylation sites is 1.